The fourth-order valence-electron chi connectivity index (χ4n) is 1.83. The van der Waals surface area contributed by atoms with E-state index in [1.807, 2.05) is 0 Å². The van der Waals surface area contributed by atoms with E-state index in [4.69, 9.17) is 5.73 Å². The van der Waals surface area contributed by atoms with Gasteiger partial charge < -0.3 is 11.1 Å². The minimum atomic E-state index is -0.667. The van der Waals surface area contributed by atoms with Crippen molar-refractivity contribution in [3.8, 4) is 0 Å². The van der Waals surface area contributed by atoms with Crippen LogP contribution >= 0.6 is 0 Å². The Labute approximate surface area is 119 Å². The first-order chi connectivity index (χ1) is 9.97. The number of carbonyl (C=O) groups excluding carboxylic acids is 1. The van der Waals surface area contributed by atoms with Gasteiger partial charge >= 0.3 is 0 Å². The van der Waals surface area contributed by atoms with Crippen molar-refractivity contribution in [2.75, 3.05) is 5.73 Å². The molecule has 0 spiro atoms. The predicted octanol–water partition coefficient (Wildman–Crippen LogP) is 0.587. The van der Waals surface area contributed by atoms with Gasteiger partial charge in [-0.15, -0.1) is 0 Å². The number of pyridine rings is 1. The summed E-state index contributed by atoms with van der Waals surface area (Å²) >= 11 is 0. The van der Waals surface area contributed by atoms with Gasteiger partial charge in [0.15, 0.2) is 0 Å². The van der Waals surface area contributed by atoms with Gasteiger partial charge in [0.2, 0.25) is 0 Å². The number of nitrogen functional groups attached to an aromatic ring is 1. The van der Waals surface area contributed by atoms with Crippen molar-refractivity contribution in [1.82, 2.24) is 20.1 Å². The van der Waals surface area contributed by atoms with E-state index in [1.165, 1.54) is 6.07 Å². The fourth-order valence-corrected chi connectivity index (χ4v) is 1.83. The molecule has 2 aromatic heterocycles. The topological polar surface area (TPSA) is 129 Å². The maximum atomic E-state index is 12.1. The molecule has 0 aliphatic rings. The first-order valence-electron chi connectivity index (χ1n) is 6.15. The molecule has 0 fully saturated rings. The molecule has 0 radical (unpaired) electrons. The lowest BCUT2D eigenvalue weighted by Gasteiger charge is -2.14. The van der Waals surface area contributed by atoms with Crippen molar-refractivity contribution in [3.63, 3.8) is 0 Å². The van der Waals surface area contributed by atoms with Crippen molar-refractivity contribution in [3.05, 3.63) is 46.4 Å². The van der Waals surface area contributed by atoms with Crippen LogP contribution in [0.1, 0.15) is 17.3 Å². The molecule has 2 rings (SSSR count). The van der Waals surface area contributed by atoms with E-state index in [9.17, 15) is 14.9 Å². The number of carbonyl (C=O) groups is 1. The number of nitro groups is 1. The molecule has 1 amide bonds. The number of anilines is 1. The summed E-state index contributed by atoms with van der Waals surface area (Å²) in [7, 11) is 0. The second kappa shape index (κ2) is 5.99. The van der Waals surface area contributed by atoms with Crippen LogP contribution in [0.15, 0.2) is 30.7 Å². The summed E-state index contributed by atoms with van der Waals surface area (Å²) in [5, 5.41) is 17.6. The quantitative estimate of drug-likeness (QED) is 0.612. The highest BCUT2D eigenvalue weighted by Crippen LogP contribution is 2.19. The van der Waals surface area contributed by atoms with Crippen LogP contribution in [0.4, 0.5) is 11.5 Å². The van der Waals surface area contributed by atoms with Crippen LogP contribution in [0.25, 0.3) is 0 Å². The molecular formula is C12H14N6O3. The number of nitrogens with two attached hydrogens (primary N) is 1. The van der Waals surface area contributed by atoms with Crippen molar-refractivity contribution in [2.45, 2.75) is 19.5 Å². The number of amides is 1. The summed E-state index contributed by atoms with van der Waals surface area (Å²) in [6, 6.07) is 2.70. The summed E-state index contributed by atoms with van der Waals surface area (Å²) in [6.45, 7) is 2.23. The van der Waals surface area contributed by atoms with Gasteiger partial charge in [-0.1, -0.05) is 0 Å². The maximum Gasteiger partial charge on any atom is 0.300 e. The first-order valence-corrected chi connectivity index (χ1v) is 6.15. The van der Waals surface area contributed by atoms with Crippen LogP contribution in [0, 0.1) is 10.1 Å². The van der Waals surface area contributed by atoms with Crippen molar-refractivity contribution in [1.29, 1.82) is 0 Å². The van der Waals surface area contributed by atoms with E-state index < -0.39 is 10.8 Å². The lowest BCUT2D eigenvalue weighted by Crippen LogP contribution is -2.36. The standard InChI is InChI=1S/C12H14N6O3/c1-8(7-17-4-2-3-15-17)16-12(19)9-5-11(13)14-6-10(9)18(20)21/h2-6,8H,7H2,1H3,(H2,13,14)(H,16,19). The molecule has 21 heavy (non-hydrogen) atoms. The van der Waals surface area contributed by atoms with Gasteiger partial charge in [0.1, 0.15) is 17.6 Å². The van der Waals surface area contributed by atoms with Gasteiger partial charge in [0.05, 0.1) is 11.5 Å². The van der Waals surface area contributed by atoms with Crippen LogP contribution < -0.4 is 11.1 Å². The summed E-state index contributed by atoms with van der Waals surface area (Å²) in [4.78, 5) is 26.0. The Balaban J connectivity index is 2.12. The zero-order chi connectivity index (χ0) is 15.4. The molecule has 0 bridgehead atoms. The summed E-state index contributed by atoms with van der Waals surface area (Å²) in [6.07, 6.45) is 4.36. The van der Waals surface area contributed by atoms with Crippen molar-refractivity contribution >= 4 is 17.4 Å². The second-order valence-electron chi connectivity index (χ2n) is 4.49. The zero-order valence-corrected chi connectivity index (χ0v) is 11.3. The Bertz CT molecular complexity index is 655. The lowest BCUT2D eigenvalue weighted by atomic mass is 10.2. The molecule has 9 heteroatoms. The second-order valence-corrected chi connectivity index (χ2v) is 4.49. The third-order valence-electron chi connectivity index (χ3n) is 2.74. The van der Waals surface area contributed by atoms with Gasteiger partial charge in [-0.25, -0.2) is 4.98 Å². The van der Waals surface area contributed by atoms with Gasteiger partial charge in [-0.05, 0) is 19.1 Å². The molecule has 0 saturated heterocycles. The minimum Gasteiger partial charge on any atom is -0.384 e. The summed E-state index contributed by atoms with van der Waals surface area (Å²) < 4.78 is 1.65. The van der Waals surface area contributed by atoms with Gasteiger partial charge in [-0.2, -0.15) is 5.10 Å². The molecule has 0 aliphatic heterocycles. The van der Waals surface area contributed by atoms with Crippen LogP contribution in [0.3, 0.4) is 0 Å². The highest BCUT2D eigenvalue weighted by molar-refractivity contribution is 5.98. The first kappa shape index (κ1) is 14.4. The van der Waals surface area contributed by atoms with Gasteiger partial charge in [-0.3, -0.25) is 19.6 Å². The Kier molecular flexibility index (Phi) is 4.12. The number of nitrogens with zero attached hydrogens (tertiary/aromatic N) is 4. The van der Waals surface area contributed by atoms with Crippen LogP contribution in [0.5, 0.6) is 0 Å². The van der Waals surface area contributed by atoms with E-state index in [0.29, 0.717) is 6.54 Å². The van der Waals surface area contributed by atoms with E-state index in [-0.39, 0.29) is 23.1 Å². The molecule has 110 valence electrons. The number of hydrogen-bond acceptors (Lipinski definition) is 6. The highest BCUT2D eigenvalue weighted by Gasteiger charge is 2.22. The summed E-state index contributed by atoms with van der Waals surface area (Å²) in [5.41, 5.74) is 4.99. The number of hydrogen-bond donors (Lipinski definition) is 2. The van der Waals surface area contributed by atoms with Crippen LogP contribution in [0.2, 0.25) is 0 Å². The Morgan fingerprint density at radius 3 is 3.00 bits per heavy atom. The molecule has 2 aromatic rings. The zero-order valence-electron chi connectivity index (χ0n) is 11.3. The van der Waals surface area contributed by atoms with E-state index >= 15 is 0 Å². The highest BCUT2D eigenvalue weighted by atomic mass is 16.6. The monoisotopic (exact) mass is 290 g/mol. The van der Waals surface area contributed by atoms with E-state index in [0.717, 1.165) is 6.20 Å². The molecule has 2 heterocycles. The van der Waals surface area contributed by atoms with Crippen molar-refractivity contribution < 1.29 is 9.72 Å². The fraction of sp³-hybridized carbons (Fsp3) is 0.250. The normalized spacial score (nSPS) is 11.9. The Morgan fingerprint density at radius 2 is 2.38 bits per heavy atom. The molecule has 0 aromatic carbocycles. The Morgan fingerprint density at radius 1 is 1.62 bits per heavy atom. The number of rotatable bonds is 5. The lowest BCUT2D eigenvalue weighted by molar-refractivity contribution is -0.385. The van der Waals surface area contributed by atoms with E-state index in [1.54, 1.807) is 30.1 Å². The van der Waals surface area contributed by atoms with Gasteiger partial charge in [0.25, 0.3) is 11.6 Å². The van der Waals surface area contributed by atoms with Crippen LogP contribution in [-0.2, 0) is 6.54 Å². The summed E-state index contributed by atoms with van der Waals surface area (Å²) in [5.74, 6) is -0.527. The molecule has 1 unspecified atom stereocenters. The largest absolute Gasteiger partial charge is 0.384 e. The van der Waals surface area contributed by atoms with Crippen molar-refractivity contribution in [2.24, 2.45) is 0 Å². The Hall–Kier alpha value is -2.97. The minimum absolute atomic E-state index is 0.0467. The SMILES string of the molecule is CC(Cn1cccn1)NC(=O)c1cc(N)ncc1[N+](=O)[O-]. The number of aromatic nitrogens is 3. The van der Waals surface area contributed by atoms with E-state index in [2.05, 4.69) is 15.4 Å². The smallest absolute Gasteiger partial charge is 0.300 e. The molecule has 9 nitrogen and oxygen atoms in total. The molecule has 0 aliphatic carbocycles. The number of nitrogens with one attached hydrogen (secondary N) is 1. The third-order valence-corrected chi connectivity index (χ3v) is 2.74. The average molecular weight is 290 g/mol. The average Bonchev–Trinajstić information content (AvgIpc) is 2.90. The molecule has 0 saturated carbocycles. The molecule has 3 N–H and O–H groups in total. The molecular weight excluding hydrogens is 276 g/mol. The maximum absolute atomic E-state index is 12.1. The predicted molar refractivity (Wildman–Crippen MR) is 74.5 cm³/mol. The van der Waals surface area contributed by atoms with Gasteiger partial charge in [0, 0.05) is 18.4 Å². The molecule has 1 atom stereocenters. The third kappa shape index (κ3) is 3.53. The van der Waals surface area contributed by atoms with Crippen LogP contribution in [-0.4, -0.2) is 31.6 Å².